The fourth-order valence-electron chi connectivity index (χ4n) is 1.97. The molecule has 5 heteroatoms. The minimum absolute atomic E-state index is 0.106. The van der Waals surface area contributed by atoms with Gasteiger partial charge in [-0.2, -0.15) is 0 Å². The number of benzene rings is 1. The van der Waals surface area contributed by atoms with Crippen LogP contribution in [0.5, 0.6) is 0 Å². The minimum atomic E-state index is -2.43. The molecule has 0 radical (unpaired) electrons. The number of alkyl halides is 2. The Hall–Kier alpha value is -1.07. The lowest BCUT2D eigenvalue weighted by Crippen LogP contribution is -2.33. The SMILES string of the molecule is CCCNC(CCOCC(F)F)Cc1cccc(F)c1. The van der Waals surface area contributed by atoms with E-state index >= 15 is 0 Å². The Balaban J connectivity index is 2.42. The monoisotopic (exact) mass is 289 g/mol. The number of rotatable bonds is 10. The normalized spacial score (nSPS) is 12.8. The predicted molar refractivity (Wildman–Crippen MR) is 73.6 cm³/mol. The van der Waals surface area contributed by atoms with Crippen LogP contribution in [0.3, 0.4) is 0 Å². The van der Waals surface area contributed by atoms with Crippen LogP contribution in [0.15, 0.2) is 24.3 Å². The fourth-order valence-corrected chi connectivity index (χ4v) is 1.97. The molecule has 2 nitrogen and oxygen atoms in total. The van der Waals surface area contributed by atoms with Crippen molar-refractivity contribution in [1.29, 1.82) is 0 Å². The first-order valence-corrected chi connectivity index (χ1v) is 6.95. The maximum atomic E-state index is 13.1. The number of hydrogen-bond acceptors (Lipinski definition) is 2. The number of ether oxygens (including phenoxy) is 1. The molecule has 1 rings (SSSR count). The van der Waals surface area contributed by atoms with Gasteiger partial charge in [0.15, 0.2) is 0 Å². The van der Waals surface area contributed by atoms with Gasteiger partial charge < -0.3 is 10.1 Å². The Morgan fingerprint density at radius 2 is 2.10 bits per heavy atom. The van der Waals surface area contributed by atoms with Gasteiger partial charge in [0.05, 0.1) is 0 Å². The van der Waals surface area contributed by atoms with E-state index in [0.29, 0.717) is 12.8 Å². The summed E-state index contributed by atoms with van der Waals surface area (Å²) >= 11 is 0. The van der Waals surface area contributed by atoms with Gasteiger partial charge in [-0.15, -0.1) is 0 Å². The molecule has 0 aliphatic carbocycles. The molecule has 1 unspecified atom stereocenters. The van der Waals surface area contributed by atoms with Crippen LogP contribution in [0.1, 0.15) is 25.3 Å². The zero-order valence-corrected chi connectivity index (χ0v) is 11.7. The predicted octanol–water partition coefficient (Wildman–Crippen LogP) is 3.41. The van der Waals surface area contributed by atoms with Crippen LogP contribution in [-0.4, -0.2) is 32.2 Å². The van der Waals surface area contributed by atoms with Crippen LogP contribution in [0, 0.1) is 5.82 Å². The van der Waals surface area contributed by atoms with E-state index in [4.69, 9.17) is 4.74 Å². The summed E-state index contributed by atoms with van der Waals surface area (Å²) in [6.45, 7) is 2.65. The van der Waals surface area contributed by atoms with Crippen LogP contribution in [-0.2, 0) is 11.2 Å². The van der Waals surface area contributed by atoms with Gasteiger partial charge >= 0.3 is 0 Å². The summed E-state index contributed by atoms with van der Waals surface area (Å²) in [6.07, 6.45) is -0.156. The molecule has 114 valence electrons. The van der Waals surface area contributed by atoms with Crippen molar-refractivity contribution in [3.63, 3.8) is 0 Å². The molecule has 0 bridgehead atoms. The number of nitrogens with one attached hydrogen (secondary N) is 1. The Morgan fingerprint density at radius 3 is 2.75 bits per heavy atom. The van der Waals surface area contributed by atoms with E-state index in [1.54, 1.807) is 6.07 Å². The van der Waals surface area contributed by atoms with E-state index in [0.717, 1.165) is 18.5 Å². The highest BCUT2D eigenvalue weighted by atomic mass is 19.3. The van der Waals surface area contributed by atoms with Crippen LogP contribution in [0.4, 0.5) is 13.2 Å². The van der Waals surface area contributed by atoms with Crippen LogP contribution in [0.2, 0.25) is 0 Å². The molecule has 0 fully saturated rings. The molecular weight excluding hydrogens is 267 g/mol. The Bertz CT molecular complexity index is 374. The van der Waals surface area contributed by atoms with Crippen molar-refractivity contribution in [3.05, 3.63) is 35.6 Å². The Kier molecular flexibility index (Phi) is 8.30. The summed E-state index contributed by atoms with van der Waals surface area (Å²) in [5.41, 5.74) is 0.896. The second kappa shape index (κ2) is 9.77. The zero-order valence-electron chi connectivity index (χ0n) is 11.7. The average molecular weight is 289 g/mol. The van der Waals surface area contributed by atoms with Gasteiger partial charge in [0.2, 0.25) is 0 Å². The lowest BCUT2D eigenvalue weighted by atomic mass is 10.0. The van der Waals surface area contributed by atoms with Crippen LogP contribution in [0.25, 0.3) is 0 Å². The Labute approximate surface area is 118 Å². The molecule has 1 aromatic carbocycles. The highest BCUT2D eigenvalue weighted by molar-refractivity contribution is 5.17. The molecular formula is C15H22F3NO. The molecule has 1 N–H and O–H groups in total. The lowest BCUT2D eigenvalue weighted by molar-refractivity contribution is 0.0144. The quantitative estimate of drug-likeness (QED) is 0.667. The first-order chi connectivity index (χ1) is 9.61. The highest BCUT2D eigenvalue weighted by Gasteiger charge is 2.10. The van der Waals surface area contributed by atoms with Gasteiger partial charge in [-0.3, -0.25) is 0 Å². The van der Waals surface area contributed by atoms with E-state index < -0.39 is 13.0 Å². The van der Waals surface area contributed by atoms with E-state index in [-0.39, 0.29) is 18.5 Å². The average Bonchev–Trinajstić information content (AvgIpc) is 2.40. The summed E-state index contributed by atoms with van der Waals surface area (Å²) in [4.78, 5) is 0. The van der Waals surface area contributed by atoms with Crippen molar-refractivity contribution in [2.45, 2.75) is 38.7 Å². The van der Waals surface area contributed by atoms with Gasteiger partial charge in [-0.05, 0) is 43.5 Å². The van der Waals surface area contributed by atoms with Crippen molar-refractivity contribution in [2.75, 3.05) is 19.8 Å². The topological polar surface area (TPSA) is 21.3 Å². The largest absolute Gasteiger partial charge is 0.375 e. The summed E-state index contributed by atoms with van der Waals surface area (Å²) in [5, 5.41) is 3.34. The van der Waals surface area contributed by atoms with Gasteiger partial charge in [-0.1, -0.05) is 19.1 Å². The van der Waals surface area contributed by atoms with Gasteiger partial charge in [0.1, 0.15) is 12.4 Å². The molecule has 0 saturated heterocycles. The molecule has 0 aromatic heterocycles. The molecule has 0 saturated carbocycles. The summed E-state index contributed by atoms with van der Waals surface area (Å²) < 4.78 is 42.0. The molecule has 0 amide bonds. The number of halogens is 3. The van der Waals surface area contributed by atoms with Crippen molar-refractivity contribution in [3.8, 4) is 0 Å². The van der Waals surface area contributed by atoms with Crippen LogP contribution >= 0.6 is 0 Å². The van der Waals surface area contributed by atoms with Crippen LogP contribution < -0.4 is 5.32 Å². The van der Waals surface area contributed by atoms with E-state index in [9.17, 15) is 13.2 Å². The summed E-state index contributed by atoms with van der Waals surface area (Å²) in [6, 6.07) is 6.55. The van der Waals surface area contributed by atoms with Crippen molar-refractivity contribution in [1.82, 2.24) is 5.32 Å². The number of hydrogen-bond donors (Lipinski definition) is 1. The Morgan fingerprint density at radius 1 is 1.30 bits per heavy atom. The van der Waals surface area contributed by atoms with Gasteiger partial charge in [0.25, 0.3) is 6.43 Å². The third kappa shape index (κ3) is 7.50. The van der Waals surface area contributed by atoms with E-state index in [1.165, 1.54) is 12.1 Å². The second-order valence-electron chi connectivity index (χ2n) is 4.74. The minimum Gasteiger partial charge on any atom is -0.375 e. The molecule has 1 atom stereocenters. The first-order valence-electron chi connectivity index (χ1n) is 6.95. The summed E-state index contributed by atoms with van der Waals surface area (Å²) in [7, 11) is 0. The fraction of sp³-hybridized carbons (Fsp3) is 0.600. The van der Waals surface area contributed by atoms with Crippen molar-refractivity contribution in [2.24, 2.45) is 0 Å². The highest BCUT2D eigenvalue weighted by Crippen LogP contribution is 2.09. The smallest absolute Gasteiger partial charge is 0.261 e. The maximum absolute atomic E-state index is 13.1. The zero-order chi connectivity index (χ0) is 14.8. The molecule has 0 spiro atoms. The van der Waals surface area contributed by atoms with E-state index in [2.05, 4.69) is 12.2 Å². The molecule has 0 aliphatic rings. The molecule has 1 aromatic rings. The summed E-state index contributed by atoms with van der Waals surface area (Å²) in [5.74, 6) is -0.259. The van der Waals surface area contributed by atoms with E-state index in [1.807, 2.05) is 6.07 Å². The van der Waals surface area contributed by atoms with Gasteiger partial charge in [0, 0.05) is 12.6 Å². The maximum Gasteiger partial charge on any atom is 0.261 e. The lowest BCUT2D eigenvalue weighted by Gasteiger charge is -2.18. The third-order valence-corrected chi connectivity index (χ3v) is 2.91. The molecule has 0 aliphatic heterocycles. The molecule has 20 heavy (non-hydrogen) atoms. The molecule has 0 heterocycles. The van der Waals surface area contributed by atoms with Crippen molar-refractivity contribution >= 4 is 0 Å². The second-order valence-corrected chi connectivity index (χ2v) is 4.74. The third-order valence-electron chi connectivity index (χ3n) is 2.91. The first kappa shape index (κ1) is 17.0. The standard InChI is InChI=1S/C15H22F3NO/c1-2-7-19-14(6-8-20-11-15(17)18)10-12-4-3-5-13(16)9-12/h3-5,9,14-15,19H,2,6-8,10-11H2,1H3. The van der Waals surface area contributed by atoms with Gasteiger partial charge in [-0.25, -0.2) is 13.2 Å². The van der Waals surface area contributed by atoms with Crippen molar-refractivity contribution < 1.29 is 17.9 Å².